The molecule has 0 saturated heterocycles. The van der Waals surface area contributed by atoms with E-state index in [-0.39, 0.29) is 17.9 Å². The van der Waals surface area contributed by atoms with Crippen molar-refractivity contribution in [2.45, 2.75) is 18.4 Å². The largest absolute Gasteiger partial charge is 0.507 e. The monoisotopic (exact) mass is 496 g/mol. The van der Waals surface area contributed by atoms with E-state index in [4.69, 9.17) is 4.74 Å². The van der Waals surface area contributed by atoms with Gasteiger partial charge in [-0.15, -0.1) is 0 Å². The Labute approximate surface area is 215 Å². The van der Waals surface area contributed by atoms with E-state index in [2.05, 4.69) is 5.32 Å². The molecule has 0 heterocycles. The summed E-state index contributed by atoms with van der Waals surface area (Å²) in [4.78, 5) is 25.1. The van der Waals surface area contributed by atoms with Gasteiger partial charge in [0, 0.05) is 6.42 Å². The Morgan fingerprint density at radius 2 is 1.35 bits per heavy atom. The summed E-state index contributed by atoms with van der Waals surface area (Å²) in [7, 11) is 0. The molecule has 7 heteroatoms. The summed E-state index contributed by atoms with van der Waals surface area (Å²) in [6, 6.07) is 32.4. The van der Waals surface area contributed by atoms with Gasteiger partial charge in [-0.2, -0.15) is 0 Å². The summed E-state index contributed by atoms with van der Waals surface area (Å²) in [5.41, 5.74) is 4.39. The van der Waals surface area contributed by atoms with Crippen molar-refractivity contribution in [3.63, 3.8) is 0 Å². The molecule has 7 nitrogen and oxygen atoms in total. The van der Waals surface area contributed by atoms with E-state index < -0.39 is 23.8 Å². The number of phenols is 1. The maximum Gasteiger partial charge on any atom is 0.255 e. The van der Waals surface area contributed by atoms with E-state index in [0.717, 1.165) is 16.7 Å². The number of ether oxygens (including phenoxy) is 1. The zero-order valence-electron chi connectivity index (χ0n) is 20.1. The van der Waals surface area contributed by atoms with Gasteiger partial charge >= 0.3 is 0 Å². The fraction of sp³-hybridized carbons (Fsp3) is 0.133. The second-order valence-corrected chi connectivity index (χ2v) is 8.55. The normalized spacial score (nSPS) is 12.2. The number of hydrogen-bond donors (Lipinski definition) is 4. The average molecular weight is 497 g/mol. The molecule has 4 rings (SSSR count). The fourth-order valence-corrected chi connectivity index (χ4v) is 4.13. The molecule has 4 aromatic rings. The second-order valence-electron chi connectivity index (χ2n) is 8.55. The van der Waals surface area contributed by atoms with Crippen molar-refractivity contribution in [3.8, 4) is 11.5 Å². The quantitative estimate of drug-likeness (QED) is 0.192. The number of nitrogens with one attached hydrogen (secondary N) is 2. The zero-order valence-corrected chi connectivity index (χ0v) is 20.1. The number of aromatic hydroxyl groups is 1. The van der Waals surface area contributed by atoms with Gasteiger partial charge in [0.1, 0.15) is 17.6 Å². The van der Waals surface area contributed by atoms with Gasteiger partial charge in [0.05, 0.1) is 18.0 Å². The van der Waals surface area contributed by atoms with Crippen molar-refractivity contribution in [1.82, 2.24) is 10.8 Å². The third kappa shape index (κ3) is 6.74. The Morgan fingerprint density at radius 1 is 0.757 bits per heavy atom. The summed E-state index contributed by atoms with van der Waals surface area (Å²) in [6.07, 6.45) is 0.0898. The molecular weight excluding hydrogens is 468 g/mol. The number of para-hydroxylation sites is 2. The lowest BCUT2D eigenvalue weighted by atomic mass is 9.90. The molecule has 2 amide bonds. The molecule has 0 spiro atoms. The molecule has 0 saturated carbocycles. The van der Waals surface area contributed by atoms with E-state index in [1.165, 1.54) is 6.07 Å². The Bertz CT molecular complexity index is 1310. The van der Waals surface area contributed by atoms with Crippen LogP contribution in [0.1, 0.15) is 33.0 Å². The lowest BCUT2D eigenvalue weighted by Crippen LogP contribution is -2.36. The van der Waals surface area contributed by atoms with Gasteiger partial charge in [0.15, 0.2) is 0 Å². The highest BCUT2D eigenvalue weighted by atomic mass is 16.5. The molecule has 0 aliphatic heterocycles. The van der Waals surface area contributed by atoms with Crippen LogP contribution in [0.3, 0.4) is 0 Å². The van der Waals surface area contributed by atoms with Gasteiger partial charge in [0.25, 0.3) is 11.8 Å². The average Bonchev–Trinajstić information content (AvgIpc) is 2.94. The number of hydrogen-bond acceptors (Lipinski definition) is 5. The minimum Gasteiger partial charge on any atom is -0.507 e. The first kappa shape index (κ1) is 25.5. The van der Waals surface area contributed by atoms with Crippen LogP contribution in [0, 0.1) is 0 Å². The topological polar surface area (TPSA) is 108 Å². The summed E-state index contributed by atoms with van der Waals surface area (Å²) >= 11 is 0. The Morgan fingerprint density at radius 3 is 2.00 bits per heavy atom. The van der Waals surface area contributed by atoms with Gasteiger partial charge in [-0.1, -0.05) is 84.9 Å². The molecule has 0 fully saturated rings. The molecule has 4 aromatic carbocycles. The summed E-state index contributed by atoms with van der Waals surface area (Å²) in [5, 5.41) is 22.1. The SMILES string of the molecule is O=C(NCC(Cc1ccc(C(C(=O)NO)c2ccccc2)cc1)Oc1ccccc1)c1ccccc1O. The minimum atomic E-state index is -0.658. The van der Waals surface area contributed by atoms with Crippen molar-refractivity contribution in [1.29, 1.82) is 0 Å². The van der Waals surface area contributed by atoms with E-state index in [9.17, 15) is 19.9 Å². The van der Waals surface area contributed by atoms with Gasteiger partial charge in [-0.25, -0.2) is 5.48 Å². The van der Waals surface area contributed by atoms with Crippen LogP contribution in [0.15, 0.2) is 109 Å². The molecule has 37 heavy (non-hydrogen) atoms. The summed E-state index contributed by atoms with van der Waals surface area (Å²) < 4.78 is 6.16. The predicted molar refractivity (Wildman–Crippen MR) is 140 cm³/mol. The molecular formula is C30H28N2O5. The van der Waals surface area contributed by atoms with Crippen LogP contribution in [0.25, 0.3) is 0 Å². The third-order valence-corrected chi connectivity index (χ3v) is 5.97. The van der Waals surface area contributed by atoms with Crippen LogP contribution in [0.2, 0.25) is 0 Å². The van der Waals surface area contributed by atoms with Crippen LogP contribution >= 0.6 is 0 Å². The second kappa shape index (κ2) is 12.4. The molecule has 0 radical (unpaired) electrons. The van der Waals surface area contributed by atoms with Crippen LogP contribution in [0.4, 0.5) is 0 Å². The molecule has 0 aromatic heterocycles. The van der Waals surface area contributed by atoms with E-state index in [1.807, 2.05) is 84.9 Å². The molecule has 0 aliphatic rings. The van der Waals surface area contributed by atoms with Crippen LogP contribution < -0.4 is 15.5 Å². The third-order valence-electron chi connectivity index (χ3n) is 5.97. The van der Waals surface area contributed by atoms with Crippen LogP contribution in [-0.2, 0) is 11.2 Å². The van der Waals surface area contributed by atoms with E-state index >= 15 is 0 Å². The van der Waals surface area contributed by atoms with Crippen molar-refractivity contribution in [2.24, 2.45) is 0 Å². The molecule has 188 valence electrons. The highest BCUT2D eigenvalue weighted by molar-refractivity contribution is 5.96. The first-order chi connectivity index (χ1) is 18.0. The maximum absolute atomic E-state index is 12.6. The molecule has 2 atom stereocenters. The first-order valence-electron chi connectivity index (χ1n) is 11.9. The van der Waals surface area contributed by atoms with Gasteiger partial charge < -0.3 is 15.2 Å². The van der Waals surface area contributed by atoms with Gasteiger partial charge in [0.2, 0.25) is 0 Å². The number of benzene rings is 4. The number of phenolic OH excluding ortho intramolecular Hbond substituents is 1. The van der Waals surface area contributed by atoms with Crippen molar-refractivity contribution < 1.29 is 24.6 Å². The molecule has 2 unspecified atom stereocenters. The predicted octanol–water partition coefficient (Wildman–Crippen LogP) is 4.45. The Kier molecular flexibility index (Phi) is 8.52. The minimum absolute atomic E-state index is 0.0870. The van der Waals surface area contributed by atoms with Gasteiger partial charge in [-0.3, -0.25) is 14.8 Å². The number of carbonyl (C=O) groups is 2. The highest BCUT2D eigenvalue weighted by Crippen LogP contribution is 2.26. The highest BCUT2D eigenvalue weighted by Gasteiger charge is 2.23. The maximum atomic E-state index is 12.6. The van der Waals surface area contributed by atoms with E-state index in [1.54, 1.807) is 23.7 Å². The van der Waals surface area contributed by atoms with Crippen molar-refractivity contribution >= 4 is 11.8 Å². The van der Waals surface area contributed by atoms with E-state index in [0.29, 0.717) is 12.2 Å². The zero-order chi connectivity index (χ0) is 26.0. The summed E-state index contributed by atoms with van der Waals surface area (Å²) in [6.45, 7) is 0.212. The smallest absolute Gasteiger partial charge is 0.255 e. The Hall–Kier alpha value is -4.62. The van der Waals surface area contributed by atoms with Crippen molar-refractivity contribution in [3.05, 3.63) is 131 Å². The van der Waals surface area contributed by atoms with Crippen molar-refractivity contribution in [2.75, 3.05) is 6.54 Å². The van der Waals surface area contributed by atoms with Crippen LogP contribution in [-0.4, -0.2) is 34.8 Å². The standard InChI is InChI=1S/C30H28N2O5/c33-27-14-8-7-13-26(27)29(34)31-20-25(37-24-11-5-2-6-12-24)19-21-15-17-23(18-16-21)28(30(35)32-36)22-9-3-1-4-10-22/h1-18,25,28,33,36H,19-20H2,(H,31,34)(H,32,35). The first-order valence-corrected chi connectivity index (χ1v) is 11.9. The molecule has 4 N–H and O–H groups in total. The number of carbonyl (C=O) groups excluding carboxylic acids is 2. The number of rotatable bonds is 10. The fourth-order valence-electron chi connectivity index (χ4n) is 4.13. The lowest BCUT2D eigenvalue weighted by Gasteiger charge is -2.21. The lowest BCUT2D eigenvalue weighted by molar-refractivity contribution is -0.129. The van der Waals surface area contributed by atoms with Crippen LogP contribution in [0.5, 0.6) is 11.5 Å². The molecule has 0 bridgehead atoms. The summed E-state index contributed by atoms with van der Waals surface area (Å²) in [5.74, 6) is -0.984. The Balaban J connectivity index is 1.50. The van der Waals surface area contributed by atoms with Gasteiger partial charge in [-0.05, 0) is 41.0 Å². The number of amides is 2. The molecule has 0 aliphatic carbocycles. The number of hydroxylamine groups is 1.